The summed E-state index contributed by atoms with van der Waals surface area (Å²) in [6.45, 7) is 3.62. The highest BCUT2D eigenvalue weighted by molar-refractivity contribution is 7.99. The van der Waals surface area contributed by atoms with E-state index in [1.807, 2.05) is 80.2 Å². The maximum Gasteiger partial charge on any atom is 0.303 e. The summed E-state index contributed by atoms with van der Waals surface area (Å²) in [6, 6.07) is 20.1. The van der Waals surface area contributed by atoms with Crippen LogP contribution < -0.4 is 0 Å². The van der Waals surface area contributed by atoms with Gasteiger partial charge in [-0.3, -0.25) is 4.79 Å². The third kappa shape index (κ3) is 7.39. The van der Waals surface area contributed by atoms with E-state index in [1.54, 1.807) is 0 Å². The second-order valence-corrected chi connectivity index (χ2v) is 14.0. The number of aliphatic carboxylic acids is 1. The summed E-state index contributed by atoms with van der Waals surface area (Å²) in [5.41, 5.74) is 4.38. The number of carboxylic acid groups (broad SMARTS) is 1. The van der Waals surface area contributed by atoms with E-state index in [2.05, 4.69) is 23.2 Å². The zero-order valence-electron chi connectivity index (χ0n) is 23.1. The molecule has 0 unspecified atom stereocenters. The molecule has 0 amide bonds. The van der Waals surface area contributed by atoms with Gasteiger partial charge in [-0.15, -0.1) is 11.3 Å². The van der Waals surface area contributed by atoms with Gasteiger partial charge in [0.25, 0.3) is 0 Å². The molecule has 8 heteroatoms. The maximum absolute atomic E-state index is 13.9. The lowest BCUT2D eigenvalue weighted by molar-refractivity contribution is -0.138. The number of hydrogen-bond donors (Lipinski definition) is 2. The predicted molar refractivity (Wildman–Crippen MR) is 169 cm³/mol. The molecule has 1 fully saturated rings. The van der Waals surface area contributed by atoms with Crippen molar-refractivity contribution in [2.24, 2.45) is 5.41 Å². The Labute approximate surface area is 253 Å². The first-order valence-electron chi connectivity index (χ1n) is 13.7. The number of nitrogens with zero attached hydrogens (tertiary/aromatic N) is 1. The van der Waals surface area contributed by atoms with Crippen LogP contribution in [0.2, 0.25) is 5.02 Å². The molecule has 1 aliphatic carbocycles. The van der Waals surface area contributed by atoms with E-state index >= 15 is 0 Å². The number of aliphatic hydroxyl groups is 1. The molecule has 4 nitrogen and oxygen atoms in total. The number of hydrogen-bond acceptors (Lipinski definition) is 5. The van der Waals surface area contributed by atoms with Crippen molar-refractivity contribution < 1.29 is 19.4 Å². The molecule has 2 N–H and O–H groups in total. The number of carbonyl (C=O) groups is 1. The molecule has 41 heavy (non-hydrogen) atoms. The number of aromatic nitrogens is 1. The number of benzene rings is 2. The Balaban J connectivity index is 1.38. The second-order valence-electron chi connectivity index (χ2n) is 11.4. The van der Waals surface area contributed by atoms with Gasteiger partial charge in [0.2, 0.25) is 0 Å². The SMILES string of the molecule is CC(C)(O)c1ccccc1CC[C@@H](SCC1(CC(=O)O)CC1)c1cccc(C=Cc2ccc3sc(F)c(Cl)c3n2)c1. The van der Waals surface area contributed by atoms with Crippen molar-refractivity contribution in [3.05, 3.63) is 98.8 Å². The van der Waals surface area contributed by atoms with Crippen LogP contribution in [0, 0.1) is 10.5 Å². The van der Waals surface area contributed by atoms with Gasteiger partial charge in [-0.05, 0) is 85.4 Å². The fourth-order valence-electron chi connectivity index (χ4n) is 5.19. The predicted octanol–water partition coefficient (Wildman–Crippen LogP) is 9.15. The van der Waals surface area contributed by atoms with Gasteiger partial charge < -0.3 is 10.2 Å². The lowest BCUT2D eigenvalue weighted by Gasteiger charge is -2.24. The fourth-order valence-corrected chi connectivity index (χ4v) is 7.83. The molecule has 1 aliphatic rings. The van der Waals surface area contributed by atoms with Crippen molar-refractivity contribution in [3.63, 3.8) is 0 Å². The molecule has 4 aromatic rings. The molecular formula is C33H33ClFNO3S2. The van der Waals surface area contributed by atoms with E-state index in [1.165, 1.54) is 5.56 Å². The summed E-state index contributed by atoms with van der Waals surface area (Å²) in [4.78, 5) is 16.0. The van der Waals surface area contributed by atoms with Crippen molar-refractivity contribution >= 4 is 63.0 Å². The lowest BCUT2D eigenvalue weighted by Crippen LogP contribution is -2.18. The normalized spacial score (nSPS) is 15.4. The summed E-state index contributed by atoms with van der Waals surface area (Å²) in [6.07, 6.45) is 7.68. The number of halogens is 2. The van der Waals surface area contributed by atoms with E-state index in [0.29, 0.717) is 15.9 Å². The summed E-state index contributed by atoms with van der Waals surface area (Å²) in [5.74, 6) is 0.0724. The van der Waals surface area contributed by atoms with Crippen molar-refractivity contribution in [1.82, 2.24) is 4.98 Å². The third-order valence-corrected chi connectivity index (χ3v) is 10.7. The molecule has 214 valence electrons. The van der Waals surface area contributed by atoms with Crippen molar-refractivity contribution in [3.8, 4) is 0 Å². The maximum atomic E-state index is 13.9. The lowest BCUT2D eigenvalue weighted by atomic mass is 9.90. The van der Waals surface area contributed by atoms with Crippen molar-refractivity contribution in [1.29, 1.82) is 0 Å². The number of carboxylic acids is 1. The van der Waals surface area contributed by atoms with Gasteiger partial charge in [0, 0.05) is 11.0 Å². The number of rotatable bonds is 12. The van der Waals surface area contributed by atoms with Gasteiger partial charge in [-0.2, -0.15) is 16.2 Å². The monoisotopic (exact) mass is 609 g/mol. The first-order valence-corrected chi connectivity index (χ1v) is 15.9. The van der Waals surface area contributed by atoms with Crippen LogP contribution in [0.3, 0.4) is 0 Å². The molecule has 5 rings (SSSR count). The van der Waals surface area contributed by atoms with Gasteiger partial charge >= 0.3 is 5.97 Å². The number of pyridine rings is 1. The fraction of sp³-hybridized carbons (Fsp3) is 0.333. The topological polar surface area (TPSA) is 70.4 Å². The Morgan fingerprint density at radius 1 is 1.17 bits per heavy atom. The van der Waals surface area contributed by atoms with Gasteiger partial charge in [-0.1, -0.05) is 66.2 Å². The first-order chi connectivity index (χ1) is 19.5. The summed E-state index contributed by atoms with van der Waals surface area (Å²) in [5, 5.41) is 19.9. The summed E-state index contributed by atoms with van der Waals surface area (Å²) < 4.78 is 14.6. The molecule has 0 radical (unpaired) electrons. The number of aryl methyl sites for hydroxylation is 1. The minimum atomic E-state index is -0.931. The van der Waals surface area contributed by atoms with Crippen LogP contribution >= 0.6 is 34.7 Å². The highest BCUT2D eigenvalue weighted by Gasteiger charge is 2.44. The van der Waals surface area contributed by atoms with Crippen LogP contribution in [0.4, 0.5) is 4.39 Å². The highest BCUT2D eigenvalue weighted by Crippen LogP contribution is 2.53. The van der Waals surface area contributed by atoms with Crippen molar-refractivity contribution in [2.75, 3.05) is 5.75 Å². The Bertz CT molecular complexity index is 1590. The second kappa shape index (κ2) is 12.3. The van der Waals surface area contributed by atoms with E-state index in [4.69, 9.17) is 11.6 Å². The Kier molecular flexibility index (Phi) is 8.90. The summed E-state index contributed by atoms with van der Waals surface area (Å²) in [7, 11) is 0. The largest absolute Gasteiger partial charge is 0.481 e. The van der Waals surface area contributed by atoms with Gasteiger partial charge in [0.05, 0.1) is 22.4 Å². The van der Waals surface area contributed by atoms with E-state index in [-0.39, 0.29) is 22.1 Å². The molecule has 2 aromatic carbocycles. The minimum absolute atomic E-state index is 0.0598. The number of thiophene rings is 1. The zero-order chi connectivity index (χ0) is 29.2. The molecule has 0 saturated heterocycles. The molecule has 1 saturated carbocycles. The van der Waals surface area contributed by atoms with Gasteiger partial charge in [0.1, 0.15) is 10.5 Å². The van der Waals surface area contributed by atoms with E-state index < -0.39 is 16.7 Å². The van der Waals surface area contributed by atoms with Crippen LogP contribution in [-0.2, 0) is 16.8 Å². The standard InChI is InChI=1S/C33H33ClFNO3S2/c1-32(2,39)25-9-4-3-7-22(25)11-14-26(40-20-33(16-17-33)19-28(37)38)23-8-5-6-21(18-23)10-12-24-13-15-27-30(36-24)29(34)31(35)41-27/h3-10,12-13,15,18,26,39H,11,14,16-17,19-20H2,1-2H3,(H,37,38)/t26-/m1/s1. The molecule has 2 aromatic heterocycles. The number of fused-ring (bicyclic) bond motifs is 1. The Morgan fingerprint density at radius 3 is 2.68 bits per heavy atom. The molecule has 1 atom stereocenters. The number of thioether (sulfide) groups is 1. The van der Waals surface area contributed by atoms with Crippen LogP contribution in [-0.4, -0.2) is 26.9 Å². The Morgan fingerprint density at radius 2 is 1.95 bits per heavy atom. The minimum Gasteiger partial charge on any atom is -0.481 e. The molecular weight excluding hydrogens is 577 g/mol. The molecule has 0 spiro atoms. The van der Waals surface area contributed by atoms with Crippen LogP contribution in [0.1, 0.15) is 72.7 Å². The summed E-state index contributed by atoms with van der Waals surface area (Å²) >= 11 is 8.92. The van der Waals surface area contributed by atoms with Crippen LogP contribution in [0.5, 0.6) is 0 Å². The average Bonchev–Trinajstić information content (AvgIpc) is 3.63. The van der Waals surface area contributed by atoms with Crippen molar-refractivity contribution in [2.45, 2.75) is 56.8 Å². The van der Waals surface area contributed by atoms with Gasteiger partial charge in [0.15, 0.2) is 5.13 Å². The quantitative estimate of drug-likeness (QED) is 0.168. The van der Waals surface area contributed by atoms with Crippen LogP contribution in [0.25, 0.3) is 22.4 Å². The average molecular weight is 610 g/mol. The molecule has 0 bridgehead atoms. The van der Waals surface area contributed by atoms with E-state index in [9.17, 15) is 19.4 Å². The Hall–Kier alpha value is -2.71. The third-order valence-electron chi connectivity index (χ3n) is 7.62. The van der Waals surface area contributed by atoms with Gasteiger partial charge in [-0.25, -0.2) is 4.98 Å². The molecule has 0 aliphatic heterocycles. The zero-order valence-corrected chi connectivity index (χ0v) is 25.5. The highest BCUT2D eigenvalue weighted by atomic mass is 35.5. The van der Waals surface area contributed by atoms with Crippen LogP contribution in [0.15, 0.2) is 60.7 Å². The smallest absolute Gasteiger partial charge is 0.303 e. The van der Waals surface area contributed by atoms with E-state index in [0.717, 1.165) is 59.5 Å². The first kappa shape index (κ1) is 29.8. The molecule has 2 heterocycles.